The predicted molar refractivity (Wildman–Crippen MR) is 93.6 cm³/mol. The highest BCUT2D eigenvalue weighted by Crippen LogP contribution is 2.30. The summed E-state index contributed by atoms with van der Waals surface area (Å²) < 4.78 is 31.7. The molecule has 1 aromatic rings. The fraction of sp³-hybridized carbons (Fsp3) is 0.529. The number of nitrogens with one attached hydrogen (secondary N) is 1. The number of hydrogen-bond acceptors (Lipinski definition) is 5. The molecule has 1 aromatic carbocycles. The molecule has 0 aliphatic heterocycles. The van der Waals surface area contributed by atoms with Crippen LogP contribution in [0.4, 0.5) is 5.69 Å². The molecule has 1 amide bonds. The van der Waals surface area contributed by atoms with E-state index in [1.165, 1.54) is 10.4 Å². The molecular weight excluding hydrogens is 344 g/mol. The average Bonchev–Trinajstić information content (AvgIpc) is 3.40. The van der Waals surface area contributed by atoms with Crippen molar-refractivity contribution in [2.24, 2.45) is 5.92 Å². The Labute approximate surface area is 148 Å². The number of nitrogens with zero attached hydrogens (tertiary/aromatic N) is 1. The quantitative estimate of drug-likeness (QED) is 0.708. The zero-order valence-electron chi connectivity index (χ0n) is 14.7. The van der Waals surface area contributed by atoms with Crippen molar-refractivity contribution >= 4 is 27.6 Å². The maximum Gasteiger partial charge on any atom is 0.309 e. The van der Waals surface area contributed by atoms with E-state index in [-0.39, 0.29) is 23.4 Å². The summed E-state index contributed by atoms with van der Waals surface area (Å²) in [5.41, 5.74) is 0.953. The summed E-state index contributed by atoms with van der Waals surface area (Å²) in [7, 11) is -3.62. The van der Waals surface area contributed by atoms with Crippen LogP contribution in [0, 0.1) is 12.8 Å². The predicted octanol–water partition coefficient (Wildman–Crippen LogP) is 1.92. The van der Waals surface area contributed by atoms with Crippen molar-refractivity contribution in [2.75, 3.05) is 25.0 Å². The maximum absolute atomic E-state index is 12.7. The Morgan fingerprint density at radius 1 is 1.24 bits per heavy atom. The highest BCUT2D eigenvalue weighted by atomic mass is 32.2. The third-order valence-electron chi connectivity index (χ3n) is 4.05. The second-order valence-electron chi connectivity index (χ2n) is 6.00. The number of aryl methyl sites for hydroxylation is 1. The Balaban J connectivity index is 2.09. The smallest absolute Gasteiger partial charge is 0.309 e. The van der Waals surface area contributed by atoms with E-state index in [0.717, 1.165) is 12.8 Å². The van der Waals surface area contributed by atoms with Crippen LogP contribution < -0.4 is 5.32 Å². The molecule has 0 saturated heterocycles. The number of hydrogen-bond donors (Lipinski definition) is 1. The minimum absolute atomic E-state index is 0.0713. The van der Waals surface area contributed by atoms with Crippen molar-refractivity contribution in [3.05, 3.63) is 23.8 Å². The van der Waals surface area contributed by atoms with Crippen LogP contribution in [0.1, 0.15) is 32.3 Å². The van der Waals surface area contributed by atoms with Gasteiger partial charge in [-0.1, -0.05) is 19.9 Å². The number of carbonyl (C=O) groups is 2. The highest BCUT2D eigenvalue weighted by molar-refractivity contribution is 7.89. The van der Waals surface area contributed by atoms with Crippen LogP contribution >= 0.6 is 0 Å². The van der Waals surface area contributed by atoms with E-state index in [0.29, 0.717) is 24.3 Å². The first-order chi connectivity index (χ1) is 11.8. The summed E-state index contributed by atoms with van der Waals surface area (Å²) in [6, 6.07) is 4.70. The van der Waals surface area contributed by atoms with Crippen molar-refractivity contribution in [1.82, 2.24) is 4.31 Å². The van der Waals surface area contributed by atoms with Crippen LogP contribution in [0.2, 0.25) is 0 Å². The number of rotatable bonds is 8. The Kier molecular flexibility index (Phi) is 6.18. The minimum Gasteiger partial charge on any atom is -0.455 e. The molecule has 1 saturated carbocycles. The van der Waals surface area contributed by atoms with Crippen LogP contribution in [0.5, 0.6) is 0 Å². The zero-order chi connectivity index (χ0) is 18.6. The van der Waals surface area contributed by atoms with Gasteiger partial charge in [-0.25, -0.2) is 8.42 Å². The van der Waals surface area contributed by atoms with Gasteiger partial charge in [0.25, 0.3) is 5.91 Å². The normalized spacial score (nSPS) is 14.4. The van der Waals surface area contributed by atoms with Crippen LogP contribution in [-0.4, -0.2) is 44.3 Å². The van der Waals surface area contributed by atoms with E-state index < -0.39 is 15.9 Å². The van der Waals surface area contributed by atoms with Gasteiger partial charge in [-0.3, -0.25) is 9.59 Å². The zero-order valence-corrected chi connectivity index (χ0v) is 15.6. The van der Waals surface area contributed by atoms with Gasteiger partial charge in [-0.05, 0) is 37.5 Å². The van der Waals surface area contributed by atoms with Crippen LogP contribution in [-0.2, 0) is 24.3 Å². The molecule has 25 heavy (non-hydrogen) atoms. The van der Waals surface area contributed by atoms with Crippen LogP contribution in [0.25, 0.3) is 0 Å². The SMILES string of the molecule is CCN(CC)S(=O)(=O)c1cc(NC(=O)COC(=O)C2CC2)ccc1C. The first-order valence-corrected chi connectivity index (χ1v) is 9.80. The first kappa shape index (κ1) is 19.4. The van der Waals surface area contributed by atoms with E-state index in [1.54, 1.807) is 32.9 Å². The Morgan fingerprint density at radius 3 is 2.44 bits per heavy atom. The summed E-state index contributed by atoms with van der Waals surface area (Å²) in [5.74, 6) is -0.925. The molecule has 0 bridgehead atoms. The molecule has 0 heterocycles. The van der Waals surface area contributed by atoms with Gasteiger partial charge < -0.3 is 10.1 Å². The fourth-order valence-corrected chi connectivity index (χ4v) is 4.14. The van der Waals surface area contributed by atoms with Crippen LogP contribution in [0.3, 0.4) is 0 Å². The standard InChI is InChI=1S/C17H24N2O5S/c1-4-19(5-2)25(22,23)15-10-14(9-6-12(15)3)18-16(20)11-24-17(21)13-7-8-13/h6,9-10,13H,4-5,7-8,11H2,1-3H3,(H,18,20). The number of carbonyl (C=O) groups excluding carboxylic acids is 2. The van der Waals surface area contributed by atoms with Crippen molar-refractivity contribution in [3.63, 3.8) is 0 Å². The molecule has 7 nitrogen and oxygen atoms in total. The third kappa shape index (κ3) is 4.79. The van der Waals surface area contributed by atoms with E-state index in [2.05, 4.69) is 5.32 Å². The topological polar surface area (TPSA) is 92.8 Å². The lowest BCUT2D eigenvalue weighted by molar-refractivity contribution is -0.148. The summed E-state index contributed by atoms with van der Waals surface area (Å²) in [4.78, 5) is 23.5. The van der Waals surface area contributed by atoms with Gasteiger partial charge in [0, 0.05) is 18.8 Å². The van der Waals surface area contributed by atoms with Gasteiger partial charge in [0.2, 0.25) is 10.0 Å². The number of amides is 1. The second kappa shape index (κ2) is 7.97. The molecule has 8 heteroatoms. The molecule has 0 radical (unpaired) electrons. The largest absolute Gasteiger partial charge is 0.455 e. The fourth-order valence-electron chi connectivity index (χ4n) is 2.43. The lowest BCUT2D eigenvalue weighted by Gasteiger charge is -2.20. The Hall–Kier alpha value is -1.93. The van der Waals surface area contributed by atoms with Gasteiger partial charge in [-0.15, -0.1) is 0 Å². The van der Waals surface area contributed by atoms with Gasteiger partial charge in [0.05, 0.1) is 10.8 Å². The number of anilines is 1. The number of benzene rings is 1. The summed E-state index contributed by atoms with van der Waals surface area (Å²) in [6.45, 7) is 5.62. The molecule has 0 spiro atoms. The minimum atomic E-state index is -3.62. The van der Waals surface area contributed by atoms with Gasteiger partial charge in [0.1, 0.15) is 0 Å². The first-order valence-electron chi connectivity index (χ1n) is 8.36. The molecule has 2 rings (SSSR count). The molecule has 0 aromatic heterocycles. The molecule has 1 fully saturated rings. The summed E-state index contributed by atoms with van der Waals surface area (Å²) in [6.07, 6.45) is 1.62. The molecule has 1 aliphatic rings. The maximum atomic E-state index is 12.7. The number of esters is 1. The Morgan fingerprint density at radius 2 is 1.88 bits per heavy atom. The molecule has 0 atom stereocenters. The van der Waals surface area contributed by atoms with Crippen molar-refractivity contribution in [2.45, 2.75) is 38.5 Å². The van der Waals surface area contributed by atoms with Gasteiger partial charge >= 0.3 is 5.97 Å². The average molecular weight is 368 g/mol. The van der Waals surface area contributed by atoms with Gasteiger partial charge in [0.15, 0.2) is 6.61 Å². The van der Waals surface area contributed by atoms with Crippen molar-refractivity contribution in [1.29, 1.82) is 0 Å². The highest BCUT2D eigenvalue weighted by Gasteiger charge is 2.31. The molecule has 138 valence electrons. The summed E-state index contributed by atoms with van der Waals surface area (Å²) >= 11 is 0. The lowest BCUT2D eigenvalue weighted by Crippen LogP contribution is -2.31. The molecule has 1 N–H and O–H groups in total. The number of ether oxygens (including phenoxy) is 1. The van der Waals surface area contributed by atoms with Crippen LogP contribution in [0.15, 0.2) is 23.1 Å². The second-order valence-corrected chi connectivity index (χ2v) is 7.91. The Bertz CT molecular complexity index is 752. The summed E-state index contributed by atoms with van der Waals surface area (Å²) in [5, 5.41) is 2.57. The van der Waals surface area contributed by atoms with E-state index in [4.69, 9.17) is 4.74 Å². The monoisotopic (exact) mass is 368 g/mol. The van der Waals surface area contributed by atoms with E-state index >= 15 is 0 Å². The number of sulfonamides is 1. The third-order valence-corrected chi connectivity index (χ3v) is 6.24. The van der Waals surface area contributed by atoms with Gasteiger partial charge in [-0.2, -0.15) is 4.31 Å². The molecular formula is C17H24N2O5S. The molecule has 0 unspecified atom stereocenters. The van der Waals surface area contributed by atoms with E-state index in [9.17, 15) is 18.0 Å². The molecule has 1 aliphatic carbocycles. The lowest BCUT2D eigenvalue weighted by atomic mass is 10.2. The van der Waals surface area contributed by atoms with E-state index in [1.807, 2.05) is 0 Å². The van der Waals surface area contributed by atoms with Crippen molar-refractivity contribution < 1.29 is 22.7 Å². The van der Waals surface area contributed by atoms with Crippen molar-refractivity contribution in [3.8, 4) is 0 Å².